The highest BCUT2D eigenvalue weighted by molar-refractivity contribution is 7.22. The normalized spacial score (nSPS) is 10.9. The lowest BCUT2D eigenvalue weighted by Gasteiger charge is -2.19. The van der Waals surface area contributed by atoms with Crippen LogP contribution in [0.4, 0.5) is 13.9 Å². The van der Waals surface area contributed by atoms with Crippen LogP contribution in [0, 0.1) is 11.6 Å². The molecule has 0 saturated heterocycles. The fraction of sp³-hybridized carbons (Fsp3) is 0.167. The third kappa shape index (κ3) is 4.76. The van der Waals surface area contributed by atoms with E-state index in [9.17, 15) is 13.6 Å². The molecule has 0 aliphatic rings. The van der Waals surface area contributed by atoms with Gasteiger partial charge < -0.3 is 4.57 Å². The maximum atomic E-state index is 14.1. The fourth-order valence-corrected chi connectivity index (χ4v) is 5.28. The Bertz CT molecular complexity index is 1180. The Morgan fingerprint density at radius 3 is 2.67 bits per heavy atom. The summed E-state index contributed by atoms with van der Waals surface area (Å²) in [7, 11) is 0. The van der Waals surface area contributed by atoms with Crippen molar-refractivity contribution in [2.24, 2.45) is 0 Å². The summed E-state index contributed by atoms with van der Waals surface area (Å²) in [5.74, 6) is -1.87. The largest absolute Gasteiger partial charge is 0.337 e. The zero-order chi connectivity index (χ0) is 20.5. The minimum atomic E-state index is -0.773. The molecule has 0 unspecified atom stereocenters. The Balaban J connectivity index is 0.00000256. The minimum absolute atomic E-state index is 0. The van der Waals surface area contributed by atoms with Gasteiger partial charge in [0, 0.05) is 31.5 Å². The molecule has 4 aromatic rings. The summed E-state index contributed by atoms with van der Waals surface area (Å²) in [5, 5.41) is 0.263. The lowest BCUT2D eigenvalue weighted by molar-refractivity contribution is 0.0987. The number of aromatic nitrogens is 3. The van der Waals surface area contributed by atoms with Gasteiger partial charge in [-0.3, -0.25) is 9.69 Å². The van der Waals surface area contributed by atoms with E-state index in [1.165, 1.54) is 17.0 Å². The summed E-state index contributed by atoms with van der Waals surface area (Å²) in [6.45, 7) is 0.917. The van der Waals surface area contributed by atoms with Gasteiger partial charge in [-0.1, -0.05) is 34.5 Å². The fourth-order valence-electron chi connectivity index (χ4n) is 2.81. The van der Waals surface area contributed by atoms with Crippen LogP contribution < -0.4 is 4.90 Å². The highest BCUT2D eigenvalue weighted by Gasteiger charge is 2.25. The van der Waals surface area contributed by atoms with Crippen molar-refractivity contribution in [1.29, 1.82) is 0 Å². The molecule has 3 heterocycles. The number of thiazole rings is 1. The molecule has 4 rings (SSSR count). The number of carbonyl (C=O) groups is 1. The van der Waals surface area contributed by atoms with Crippen molar-refractivity contribution >= 4 is 79.5 Å². The molecule has 0 bridgehead atoms. The van der Waals surface area contributed by atoms with Gasteiger partial charge in [0.25, 0.3) is 5.91 Å². The van der Waals surface area contributed by atoms with E-state index in [4.69, 9.17) is 23.2 Å². The van der Waals surface area contributed by atoms with Gasteiger partial charge in [-0.15, -0.1) is 23.7 Å². The first-order chi connectivity index (χ1) is 13.9. The number of halogens is 5. The summed E-state index contributed by atoms with van der Waals surface area (Å²) in [4.78, 5) is 22.8. The number of nitrogens with zero attached hydrogens (tertiary/aromatic N) is 4. The van der Waals surface area contributed by atoms with E-state index in [-0.39, 0.29) is 33.0 Å². The average Bonchev–Trinajstić information content (AvgIpc) is 3.38. The molecule has 0 aliphatic carbocycles. The van der Waals surface area contributed by atoms with E-state index in [1.54, 1.807) is 12.5 Å². The first-order valence-electron chi connectivity index (χ1n) is 8.40. The molecule has 1 aromatic carbocycles. The number of hydrogen-bond acceptors (Lipinski definition) is 5. The number of imidazole rings is 1. The summed E-state index contributed by atoms with van der Waals surface area (Å²) >= 11 is 14.3. The molecule has 1 amide bonds. The van der Waals surface area contributed by atoms with E-state index in [0.29, 0.717) is 28.5 Å². The molecule has 5 nitrogen and oxygen atoms in total. The second kappa shape index (κ2) is 9.57. The molecule has 158 valence electrons. The lowest BCUT2D eigenvalue weighted by Crippen LogP contribution is -2.32. The van der Waals surface area contributed by atoms with E-state index in [0.717, 1.165) is 28.7 Å². The van der Waals surface area contributed by atoms with Gasteiger partial charge in [-0.05, 0) is 18.6 Å². The second-order valence-electron chi connectivity index (χ2n) is 6.08. The van der Waals surface area contributed by atoms with E-state index in [2.05, 4.69) is 9.97 Å². The van der Waals surface area contributed by atoms with Crippen molar-refractivity contribution in [3.63, 3.8) is 0 Å². The third-order valence-corrected chi connectivity index (χ3v) is 6.64. The monoisotopic (exact) mass is 508 g/mol. The molecular weight excluding hydrogens is 497 g/mol. The van der Waals surface area contributed by atoms with Crippen LogP contribution in [0.5, 0.6) is 0 Å². The summed E-state index contributed by atoms with van der Waals surface area (Å²) in [6.07, 6.45) is 5.75. The molecule has 30 heavy (non-hydrogen) atoms. The van der Waals surface area contributed by atoms with Crippen LogP contribution in [0.1, 0.15) is 16.8 Å². The number of rotatable bonds is 6. The molecule has 0 radical (unpaired) electrons. The van der Waals surface area contributed by atoms with Gasteiger partial charge in [0.15, 0.2) is 10.9 Å². The third-order valence-electron chi connectivity index (χ3n) is 4.12. The van der Waals surface area contributed by atoms with Gasteiger partial charge in [0.1, 0.15) is 15.7 Å². The average molecular weight is 510 g/mol. The number of carbonyl (C=O) groups excluding carboxylic acids is 1. The van der Waals surface area contributed by atoms with Crippen LogP contribution in [0.15, 0.2) is 36.9 Å². The van der Waals surface area contributed by atoms with Crippen molar-refractivity contribution in [3.8, 4) is 0 Å². The van der Waals surface area contributed by atoms with E-state index in [1.807, 2.05) is 10.8 Å². The van der Waals surface area contributed by atoms with Crippen LogP contribution in [-0.4, -0.2) is 27.0 Å². The summed E-state index contributed by atoms with van der Waals surface area (Å²) in [5.41, 5.74) is 0.267. The molecule has 0 aliphatic heterocycles. The van der Waals surface area contributed by atoms with Crippen molar-refractivity contribution in [2.75, 3.05) is 11.4 Å². The minimum Gasteiger partial charge on any atom is -0.337 e. The first-order valence-corrected chi connectivity index (χ1v) is 10.8. The first kappa shape index (κ1) is 22.9. The molecule has 0 N–H and O–H groups in total. The van der Waals surface area contributed by atoms with Crippen LogP contribution in [0.3, 0.4) is 0 Å². The van der Waals surface area contributed by atoms with Crippen molar-refractivity contribution in [3.05, 3.63) is 62.8 Å². The standard InChI is InChI=1S/C18H12Cl2F2N4OS2.ClH/c19-14-8-11(16(20)29-14)17(27)26(4-1-3-25-5-2-23-9-25)18-24-15-12(22)6-10(21)7-13(15)28-18;/h2,5-9H,1,3-4H2;1H. The SMILES string of the molecule is Cl.O=C(c1cc(Cl)sc1Cl)N(CCCn1ccnc1)c1nc2c(F)cc(F)cc2s1. The Morgan fingerprint density at radius 2 is 2.00 bits per heavy atom. The second-order valence-corrected chi connectivity index (χ2v) is 9.37. The number of amides is 1. The van der Waals surface area contributed by atoms with Crippen molar-refractivity contribution in [2.45, 2.75) is 13.0 Å². The Labute approximate surface area is 194 Å². The molecule has 0 spiro atoms. The van der Waals surface area contributed by atoms with Crippen LogP contribution in [-0.2, 0) is 6.54 Å². The molecule has 3 aromatic heterocycles. The summed E-state index contributed by atoms with van der Waals surface area (Å²) < 4.78 is 30.5. The van der Waals surface area contributed by atoms with Gasteiger partial charge in [-0.25, -0.2) is 18.7 Å². The van der Waals surface area contributed by atoms with E-state index >= 15 is 0 Å². The highest BCUT2D eigenvalue weighted by atomic mass is 35.5. The van der Waals surface area contributed by atoms with Gasteiger partial charge >= 0.3 is 0 Å². The Hall–Kier alpha value is -1.78. The highest BCUT2D eigenvalue weighted by Crippen LogP contribution is 2.35. The van der Waals surface area contributed by atoms with Gasteiger partial charge in [0.05, 0.1) is 20.9 Å². The van der Waals surface area contributed by atoms with Crippen LogP contribution in [0.25, 0.3) is 10.2 Å². The Morgan fingerprint density at radius 1 is 1.20 bits per heavy atom. The zero-order valence-electron chi connectivity index (χ0n) is 15.0. The summed E-state index contributed by atoms with van der Waals surface area (Å²) in [6, 6.07) is 3.46. The van der Waals surface area contributed by atoms with Gasteiger partial charge in [-0.2, -0.15) is 0 Å². The van der Waals surface area contributed by atoms with Crippen LogP contribution in [0.2, 0.25) is 8.67 Å². The lowest BCUT2D eigenvalue weighted by atomic mass is 10.3. The predicted molar refractivity (Wildman–Crippen MR) is 120 cm³/mol. The van der Waals surface area contributed by atoms with E-state index < -0.39 is 17.5 Å². The molecule has 0 saturated carbocycles. The number of fused-ring (bicyclic) bond motifs is 1. The molecule has 12 heteroatoms. The zero-order valence-corrected chi connectivity index (χ0v) is 19.0. The molecular formula is C18H13Cl3F2N4OS2. The number of aryl methyl sites for hydroxylation is 1. The molecule has 0 atom stereocenters. The molecule has 0 fully saturated rings. The number of anilines is 1. The van der Waals surface area contributed by atoms with Crippen LogP contribution >= 0.6 is 58.3 Å². The van der Waals surface area contributed by atoms with Gasteiger partial charge in [0.2, 0.25) is 0 Å². The number of benzene rings is 1. The maximum absolute atomic E-state index is 14.1. The van der Waals surface area contributed by atoms with Crippen molar-refractivity contribution < 1.29 is 13.6 Å². The van der Waals surface area contributed by atoms with Crippen molar-refractivity contribution in [1.82, 2.24) is 14.5 Å². The smallest absolute Gasteiger partial charge is 0.262 e. The Kier molecular flexibility index (Phi) is 7.30. The maximum Gasteiger partial charge on any atom is 0.262 e. The predicted octanol–water partition coefficient (Wildman–Crippen LogP) is 6.30. The quantitative estimate of drug-likeness (QED) is 0.306. The number of hydrogen-bond donors (Lipinski definition) is 0. The topological polar surface area (TPSA) is 51.0 Å². The number of thiophene rings is 1.